The molecule has 2 amide bonds. The average molecular weight is 399 g/mol. The Labute approximate surface area is 165 Å². The fourth-order valence-electron chi connectivity index (χ4n) is 2.70. The zero-order chi connectivity index (χ0) is 20.4. The van der Waals surface area contributed by atoms with Gasteiger partial charge in [0.15, 0.2) is 0 Å². The van der Waals surface area contributed by atoms with Crippen molar-refractivity contribution in [2.45, 2.75) is 20.3 Å². The Bertz CT molecular complexity index is 1120. The molecule has 3 rings (SSSR count). The van der Waals surface area contributed by atoms with E-state index in [0.717, 1.165) is 16.1 Å². The summed E-state index contributed by atoms with van der Waals surface area (Å²) in [5, 5.41) is 0.556. The third-order valence-electron chi connectivity index (χ3n) is 4.36. The number of thiophene rings is 1. The van der Waals surface area contributed by atoms with Crippen molar-refractivity contribution in [3.05, 3.63) is 56.4 Å². The number of hydrogen-bond acceptors (Lipinski definition) is 6. The predicted octanol–water partition coefficient (Wildman–Crippen LogP) is 1.67. The number of amides is 2. The largest absolute Gasteiger partial charge is 0.378 e. The molecule has 0 atom stereocenters. The van der Waals surface area contributed by atoms with Crippen LogP contribution in [0.1, 0.15) is 26.6 Å². The van der Waals surface area contributed by atoms with Gasteiger partial charge in [0.1, 0.15) is 10.7 Å². The van der Waals surface area contributed by atoms with Crippen LogP contribution < -0.4 is 21.3 Å². The lowest BCUT2D eigenvalue weighted by Gasteiger charge is -2.13. The number of aromatic amines is 1. The first-order chi connectivity index (χ1) is 13.3. The highest BCUT2D eigenvalue weighted by Crippen LogP contribution is 2.25. The first-order valence-corrected chi connectivity index (χ1v) is 9.43. The van der Waals surface area contributed by atoms with E-state index in [0.29, 0.717) is 15.8 Å². The maximum absolute atomic E-state index is 12.3. The highest BCUT2D eigenvalue weighted by molar-refractivity contribution is 7.18. The lowest BCUT2D eigenvalue weighted by molar-refractivity contribution is -0.121. The summed E-state index contributed by atoms with van der Waals surface area (Å²) in [6.45, 7) is 3.80. The van der Waals surface area contributed by atoms with E-state index in [4.69, 9.17) is 0 Å². The number of fused-ring (bicyclic) bond motifs is 1. The van der Waals surface area contributed by atoms with Crippen LogP contribution in [-0.4, -0.2) is 35.9 Å². The van der Waals surface area contributed by atoms with E-state index in [9.17, 15) is 14.4 Å². The van der Waals surface area contributed by atoms with Gasteiger partial charge in [0, 0.05) is 30.2 Å². The number of aromatic nitrogens is 2. The summed E-state index contributed by atoms with van der Waals surface area (Å²) in [6, 6.07) is 7.02. The molecule has 3 N–H and O–H groups in total. The van der Waals surface area contributed by atoms with Crippen LogP contribution in [0.2, 0.25) is 0 Å². The van der Waals surface area contributed by atoms with Crippen LogP contribution in [0.4, 0.5) is 5.69 Å². The van der Waals surface area contributed by atoms with E-state index in [-0.39, 0.29) is 17.8 Å². The summed E-state index contributed by atoms with van der Waals surface area (Å²) >= 11 is 1.42. The molecule has 0 saturated carbocycles. The minimum atomic E-state index is -0.482. The number of benzene rings is 1. The minimum Gasteiger partial charge on any atom is -0.378 e. The summed E-state index contributed by atoms with van der Waals surface area (Å²) in [5.41, 5.74) is 6.65. The highest BCUT2D eigenvalue weighted by Gasteiger charge is 2.14. The molecule has 0 aliphatic carbocycles. The van der Waals surface area contributed by atoms with Gasteiger partial charge in [-0.15, -0.1) is 11.3 Å². The van der Waals surface area contributed by atoms with E-state index in [1.807, 2.05) is 38.9 Å². The molecule has 0 bridgehead atoms. The predicted molar refractivity (Wildman–Crippen MR) is 110 cm³/mol. The van der Waals surface area contributed by atoms with Crippen molar-refractivity contribution in [3.63, 3.8) is 0 Å². The van der Waals surface area contributed by atoms with Crippen LogP contribution in [0.25, 0.3) is 10.2 Å². The number of hydrazine groups is 1. The second-order valence-corrected chi connectivity index (χ2v) is 7.80. The van der Waals surface area contributed by atoms with E-state index >= 15 is 0 Å². The standard InChI is InChI=1S/C19H21N5O3S/c1-10-11(2)28-19-16(10)18(27)20-14(21-19)9-15(25)22-23-17(26)12-6-5-7-13(8-12)24(3)4/h5-8H,9H2,1-4H3,(H,22,25)(H,23,26)(H,20,21,27). The van der Waals surface area contributed by atoms with E-state index in [2.05, 4.69) is 20.8 Å². The number of hydrogen-bond donors (Lipinski definition) is 3. The van der Waals surface area contributed by atoms with Crippen molar-refractivity contribution in [2.75, 3.05) is 19.0 Å². The molecular formula is C19H21N5O3S. The third kappa shape index (κ3) is 4.04. The SMILES string of the molecule is Cc1sc2nc(CC(=O)NNC(=O)c3cccc(N(C)C)c3)[nH]c(=O)c2c1C. The van der Waals surface area contributed by atoms with Crippen LogP contribution in [0.5, 0.6) is 0 Å². The summed E-state index contributed by atoms with van der Waals surface area (Å²) in [4.78, 5) is 47.1. The van der Waals surface area contributed by atoms with Gasteiger partial charge in [-0.3, -0.25) is 25.2 Å². The molecule has 9 heteroatoms. The van der Waals surface area contributed by atoms with Crippen LogP contribution in [0.15, 0.2) is 29.1 Å². The third-order valence-corrected chi connectivity index (χ3v) is 5.46. The van der Waals surface area contributed by atoms with Crippen LogP contribution in [0, 0.1) is 13.8 Å². The molecule has 28 heavy (non-hydrogen) atoms. The Morgan fingerprint density at radius 1 is 1.21 bits per heavy atom. The smallest absolute Gasteiger partial charge is 0.269 e. The second kappa shape index (κ2) is 7.81. The van der Waals surface area contributed by atoms with Gasteiger partial charge in [0.25, 0.3) is 11.5 Å². The first-order valence-electron chi connectivity index (χ1n) is 8.61. The normalized spacial score (nSPS) is 10.7. The van der Waals surface area contributed by atoms with E-state index in [1.54, 1.807) is 18.2 Å². The number of nitrogens with zero attached hydrogens (tertiary/aromatic N) is 2. The topological polar surface area (TPSA) is 107 Å². The maximum atomic E-state index is 12.3. The Morgan fingerprint density at radius 2 is 1.96 bits per heavy atom. The highest BCUT2D eigenvalue weighted by atomic mass is 32.1. The number of carbonyl (C=O) groups is 2. The van der Waals surface area contributed by atoms with Gasteiger partial charge < -0.3 is 9.88 Å². The molecular weight excluding hydrogens is 378 g/mol. The molecule has 0 radical (unpaired) electrons. The summed E-state index contributed by atoms with van der Waals surface area (Å²) in [6.07, 6.45) is -0.154. The number of anilines is 1. The van der Waals surface area contributed by atoms with Crippen LogP contribution >= 0.6 is 11.3 Å². The fourth-order valence-corrected chi connectivity index (χ4v) is 3.75. The molecule has 146 valence electrons. The number of rotatable bonds is 4. The zero-order valence-corrected chi connectivity index (χ0v) is 16.9. The van der Waals surface area contributed by atoms with E-state index < -0.39 is 11.8 Å². The minimum absolute atomic E-state index is 0.154. The lowest BCUT2D eigenvalue weighted by Crippen LogP contribution is -2.42. The van der Waals surface area contributed by atoms with Crippen molar-refractivity contribution in [1.82, 2.24) is 20.8 Å². The molecule has 0 spiro atoms. The number of H-pyrrole nitrogens is 1. The maximum Gasteiger partial charge on any atom is 0.269 e. The van der Waals surface area contributed by atoms with Crippen LogP contribution in [-0.2, 0) is 11.2 Å². The molecule has 0 aliphatic rings. The molecule has 0 aliphatic heterocycles. The monoisotopic (exact) mass is 399 g/mol. The zero-order valence-electron chi connectivity index (χ0n) is 16.0. The van der Waals surface area contributed by atoms with Gasteiger partial charge in [0.05, 0.1) is 11.8 Å². The van der Waals surface area contributed by atoms with Crippen molar-refractivity contribution in [1.29, 1.82) is 0 Å². The molecule has 0 saturated heterocycles. The molecule has 8 nitrogen and oxygen atoms in total. The van der Waals surface area contributed by atoms with Gasteiger partial charge >= 0.3 is 0 Å². The van der Waals surface area contributed by atoms with Gasteiger partial charge in [-0.2, -0.15) is 0 Å². The molecule has 0 unspecified atom stereocenters. The Morgan fingerprint density at radius 3 is 2.68 bits per heavy atom. The fraction of sp³-hybridized carbons (Fsp3) is 0.263. The summed E-state index contributed by atoms with van der Waals surface area (Å²) < 4.78 is 0. The molecule has 0 fully saturated rings. The quantitative estimate of drug-likeness (QED) is 0.579. The van der Waals surface area contributed by atoms with Crippen LogP contribution in [0.3, 0.4) is 0 Å². The Kier molecular flexibility index (Phi) is 5.46. The first kappa shape index (κ1) is 19.6. The van der Waals surface area contributed by atoms with E-state index in [1.165, 1.54) is 11.3 Å². The Hall–Kier alpha value is -3.20. The van der Waals surface area contributed by atoms with Crippen molar-refractivity contribution in [2.24, 2.45) is 0 Å². The average Bonchev–Trinajstić information content (AvgIpc) is 2.94. The van der Waals surface area contributed by atoms with Crippen molar-refractivity contribution >= 4 is 39.1 Å². The molecule has 2 heterocycles. The Balaban J connectivity index is 1.66. The second-order valence-electron chi connectivity index (χ2n) is 6.60. The lowest BCUT2D eigenvalue weighted by atomic mass is 10.2. The van der Waals surface area contributed by atoms with Gasteiger partial charge in [0.2, 0.25) is 5.91 Å². The van der Waals surface area contributed by atoms with Gasteiger partial charge in [-0.25, -0.2) is 4.98 Å². The number of aryl methyl sites for hydroxylation is 2. The summed E-state index contributed by atoms with van der Waals surface area (Å²) in [7, 11) is 3.75. The van der Waals surface area contributed by atoms with Gasteiger partial charge in [-0.1, -0.05) is 6.07 Å². The molecule has 1 aromatic carbocycles. The number of carbonyl (C=O) groups excluding carboxylic acids is 2. The van der Waals surface area contributed by atoms with Crippen molar-refractivity contribution < 1.29 is 9.59 Å². The molecule has 2 aromatic heterocycles. The van der Waals surface area contributed by atoms with Gasteiger partial charge in [-0.05, 0) is 37.6 Å². The van der Waals surface area contributed by atoms with Crippen molar-refractivity contribution in [3.8, 4) is 0 Å². The number of nitrogens with one attached hydrogen (secondary N) is 3. The summed E-state index contributed by atoms with van der Waals surface area (Å²) in [5.74, 6) is -0.664. The molecule has 3 aromatic rings.